The van der Waals surface area contributed by atoms with Gasteiger partial charge in [-0.2, -0.15) is 4.31 Å². The number of amides is 1. The summed E-state index contributed by atoms with van der Waals surface area (Å²) in [5, 5.41) is 4.52. The normalized spacial score (nSPS) is 20.1. The molecule has 8 heteroatoms. The van der Waals surface area contributed by atoms with E-state index in [1.807, 2.05) is 7.05 Å². The van der Waals surface area contributed by atoms with Crippen molar-refractivity contribution in [3.05, 3.63) is 35.9 Å². The minimum atomic E-state index is -3.60. The fourth-order valence-electron chi connectivity index (χ4n) is 4.17. The molecule has 1 amide bonds. The Morgan fingerprint density at radius 3 is 2.74 bits per heavy atom. The molecule has 4 rings (SSSR count). The van der Waals surface area contributed by atoms with Crippen LogP contribution in [0.4, 0.5) is 5.69 Å². The van der Waals surface area contributed by atoms with Crippen LogP contribution in [0, 0.1) is 5.92 Å². The van der Waals surface area contributed by atoms with E-state index in [4.69, 9.17) is 0 Å². The molecule has 2 heterocycles. The van der Waals surface area contributed by atoms with Gasteiger partial charge < -0.3 is 10.2 Å². The maximum absolute atomic E-state index is 13.4. The summed E-state index contributed by atoms with van der Waals surface area (Å²) in [5.74, 6) is 0.236. The highest BCUT2D eigenvalue weighted by atomic mass is 35.5. The van der Waals surface area contributed by atoms with Crippen LogP contribution in [0.25, 0.3) is 10.8 Å². The number of rotatable bonds is 4. The van der Waals surface area contributed by atoms with Gasteiger partial charge in [0.25, 0.3) is 5.91 Å². The van der Waals surface area contributed by atoms with Crippen molar-refractivity contribution in [3.8, 4) is 0 Å². The predicted molar refractivity (Wildman–Crippen MR) is 109 cm³/mol. The molecule has 1 atom stereocenters. The second kappa shape index (κ2) is 7.39. The Kier molecular flexibility index (Phi) is 5.49. The molecule has 0 saturated carbocycles. The molecule has 0 spiro atoms. The monoisotopic (exact) mass is 409 g/mol. The third kappa shape index (κ3) is 3.12. The summed E-state index contributed by atoms with van der Waals surface area (Å²) in [7, 11) is 0.00874. The highest BCUT2D eigenvalue weighted by Gasteiger charge is 2.34. The smallest absolute Gasteiger partial charge is 0.258 e. The highest BCUT2D eigenvalue weighted by Crippen LogP contribution is 2.40. The number of piperidine rings is 1. The molecule has 1 saturated heterocycles. The fraction of sp³-hybridized carbons (Fsp3) is 0.421. The maximum Gasteiger partial charge on any atom is 0.258 e. The molecule has 2 aromatic carbocycles. The Morgan fingerprint density at radius 1 is 1.22 bits per heavy atom. The van der Waals surface area contributed by atoms with Crippen molar-refractivity contribution >= 4 is 44.8 Å². The number of hydrogen-bond donors (Lipinski definition) is 1. The lowest BCUT2D eigenvalue weighted by molar-refractivity contribution is 0.0999. The largest absolute Gasteiger partial charge is 0.319 e. The van der Waals surface area contributed by atoms with Crippen LogP contribution in [0.1, 0.15) is 23.2 Å². The van der Waals surface area contributed by atoms with Crippen molar-refractivity contribution < 1.29 is 13.2 Å². The summed E-state index contributed by atoms with van der Waals surface area (Å²) >= 11 is 0. The topological polar surface area (TPSA) is 69.7 Å². The summed E-state index contributed by atoms with van der Waals surface area (Å²) in [6.45, 7) is 1.89. The number of halogens is 1. The molecule has 1 fully saturated rings. The first-order valence-corrected chi connectivity index (χ1v) is 10.4. The van der Waals surface area contributed by atoms with Crippen LogP contribution < -0.4 is 10.2 Å². The average Bonchev–Trinajstić information content (AvgIpc) is 2.89. The zero-order chi connectivity index (χ0) is 18.5. The van der Waals surface area contributed by atoms with E-state index in [0.717, 1.165) is 30.5 Å². The molecule has 0 aliphatic carbocycles. The molecule has 2 aliphatic rings. The van der Waals surface area contributed by atoms with E-state index in [1.165, 1.54) is 0 Å². The van der Waals surface area contributed by atoms with Gasteiger partial charge >= 0.3 is 0 Å². The van der Waals surface area contributed by atoms with Crippen LogP contribution in [-0.4, -0.2) is 52.4 Å². The van der Waals surface area contributed by atoms with E-state index in [2.05, 4.69) is 5.32 Å². The predicted octanol–water partition coefficient (Wildman–Crippen LogP) is 2.47. The van der Waals surface area contributed by atoms with E-state index in [1.54, 1.807) is 46.6 Å². The summed E-state index contributed by atoms with van der Waals surface area (Å²) in [6.07, 6.45) is 1.91. The lowest BCUT2D eigenvalue weighted by Crippen LogP contribution is -2.42. The van der Waals surface area contributed by atoms with Crippen LogP contribution in [0.15, 0.2) is 35.2 Å². The van der Waals surface area contributed by atoms with Crippen molar-refractivity contribution in [3.63, 3.8) is 0 Å². The molecule has 6 nitrogen and oxygen atoms in total. The number of hydrogen-bond acceptors (Lipinski definition) is 4. The lowest BCUT2D eigenvalue weighted by atomic mass is 10.00. The van der Waals surface area contributed by atoms with Gasteiger partial charge in [0.2, 0.25) is 10.0 Å². The minimum absolute atomic E-state index is 0. The standard InChI is InChI=1S/C19H23N3O3S.ClH/c1-20-11-13-5-4-10-22(12-13)26(24,25)17-9-8-16-18-14(17)6-3-7-15(18)19(23)21(16)2;/h3,6-9,13,20H,4-5,10-12H2,1-2H3;1H. The molecular formula is C19H24ClN3O3S. The SMILES string of the molecule is CNCC1CCCN(S(=O)(=O)c2ccc3c4c(cccc24)C(=O)N3C)C1.Cl. The van der Waals surface area contributed by atoms with E-state index in [0.29, 0.717) is 34.9 Å². The third-order valence-electron chi connectivity index (χ3n) is 5.47. The number of benzene rings is 2. The van der Waals surface area contributed by atoms with Gasteiger partial charge in [-0.05, 0) is 50.6 Å². The zero-order valence-corrected chi connectivity index (χ0v) is 17.1. The summed E-state index contributed by atoms with van der Waals surface area (Å²) < 4.78 is 28.3. The molecule has 27 heavy (non-hydrogen) atoms. The van der Waals surface area contributed by atoms with Gasteiger partial charge in [0.05, 0.1) is 10.6 Å². The van der Waals surface area contributed by atoms with Gasteiger partial charge in [0, 0.05) is 36.5 Å². The lowest BCUT2D eigenvalue weighted by Gasteiger charge is -2.32. The second-order valence-corrected chi connectivity index (χ2v) is 9.01. The summed E-state index contributed by atoms with van der Waals surface area (Å²) in [6, 6.07) is 8.72. The molecule has 2 aliphatic heterocycles. The van der Waals surface area contributed by atoms with Gasteiger partial charge in [-0.25, -0.2) is 8.42 Å². The molecule has 0 radical (unpaired) electrons. The van der Waals surface area contributed by atoms with Crippen LogP contribution in [-0.2, 0) is 10.0 Å². The Balaban J connectivity index is 0.00000210. The van der Waals surface area contributed by atoms with Crippen LogP contribution in [0.3, 0.4) is 0 Å². The van der Waals surface area contributed by atoms with Crippen molar-refractivity contribution in [2.45, 2.75) is 17.7 Å². The van der Waals surface area contributed by atoms with Gasteiger partial charge in [-0.15, -0.1) is 12.4 Å². The number of anilines is 1. The van der Waals surface area contributed by atoms with Crippen molar-refractivity contribution in [2.24, 2.45) is 5.92 Å². The Morgan fingerprint density at radius 2 is 2.00 bits per heavy atom. The number of nitrogens with one attached hydrogen (secondary N) is 1. The average molecular weight is 410 g/mol. The van der Waals surface area contributed by atoms with Gasteiger partial charge in [0.15, 0.2) is 0 Å². The van der Waals surface area contributed by atoms with Crippen molar-refractivity contribution in [2.75, 3.05) is 38.6 Å². The number of nitrogens with zero attached hydrogens (tertiary/aromatic N) is 2. The first-order chi connectivity index (χ1) is 12.4. The Bertz CT molecular complexity index is 991. The fourth-order valence-corrected chi connectivity index (χ4v) is 5.92. The molecule has 1 N–H and O–H groups in total. The Labute approximate surface area is 166 Å². The zero-order valence-electron chi connectivity index (χ0n) is 15.4. The number of sulfonamides is 1. The van der Waals surface area contributed by atoms with E-state index in [-0.39, 0.29) is 18.3 Å². The van der Waals surface area contributed by atoms with Gasteiger partial charge in [-0.3, -0.25) is 4.79 Å². The summed E-state index contributed by atoms with van der Waals surface area (Å²) in [5.41, 5.74) is 1.34. The third-order valence-corrected chi connectivity index (χ3v) is 7.39. The molecule has 0 aromatic heterocycles. The maximum atomic E-state index is 13.4. The molecule has 0 bridgehead atoms. The first-order valence-electron chi connectivity index (χ1n) is 8.93. The van der Waals surface area contributed by atoms with Crippen LogP contribution in [0.2, 0.25) is 0 Å². The quantitative estimate of drug-likeness (QED) is 0.842. The van der Waals surface area contributed by atoms with E-state index < -0.39 is 10.0 Å². The van der Waals surface area contributed by atoms with Gasteiger partial charge in [0.1, 0.15) is 0 Å². The molecule has 146 valence electrons. The van der Waals surface area contributed by atoms with E-state index in [9.17, 15) is 13.2 Å². The van der Waals surface area contributed by atoms with E-state index >= 15 is 0 Å². The van der Waals surface area contributed by atoms with Gasteiger partial charge in [-0.1, -0.05) is 12.1 Å². The minimum Gasteiger partial charge on any atom is -0.319 e. The van der Waals surface area contributed by atoms with Crippen LogP contribution >= 0.6 is 12.4 Å². The molecular weight excluding hydrogens is 386 g/mol. The number of carbonyl (C=O) groups is 1. The van der Waals surface area contributed by atoms with Crippen molar-refractivity contribution in [1.82, 2.24) is 9.62 Å². The molecule has 1 unspecified atom stereocenters. The van der Waals surface area contributed by atoms with Crippen LogP contribution in [0.5, 0.6) is 0 Å². The highest BCUT2D eigenvalue weighted by molar-refractivity contribution is 7.89. The van der Waals surface area contributed by atoms with Crippen molar-refractivity contribution in [1.29, 1.82) is 0 Å². The number of carbonyl (C=O) groups excluding carboxylic acids is 1. The Hall–Kier alpha value is -1.67. The molecule has 2 aromatic rings. The first kappa shape index (κ1) is 20.1. The summed E-state index contributed by atoms with van der Waals surface area (Å²) in [4.78, 5) is 14.3. The second-order valence-electron chi connectivity index (χ2n) is 7.10.